The van der Waals surface area contributed by atoms with Crippen LogP contribution in [-0.2, 0) is 6.42 Å². The normalized spacial score (nSPS) is 10.4. The number of hydrogen-bond acceptors (Lipinski definition) is 5. The fraction of sp³-hybridized carbons (Fsp3) is 0.188. The van der Waals surface area contributed by atoms with Crippen molar-refractivity contribution in [2.75, 3.05) is 19.0 Å². The Kier molecular flexibility index (Phi) is 3.90. The zero-order chi connectivity index (χ0) is 15.5. The molecule has 0 saturated heterocycles. The van der Waals surface area contributed by atoms with Gasteiger partial charge in [0.05, 0.1) is 11.4 Å². The van der Waals surface area contributed by atoms with Crippen molar-refractivity contribution in [2.24, 2.45) is 0 Å². The van der Waals surface area contributed by atoms with Crippen molar-refractivity contribution in [3.8, 4) is 11.8 Å². The van der Waals surface area contributed by atoms with Crippen LogP contribution in [0.25, 0.3) is 5.69 Å². The molecule has 0 atom stereocenters. The third kappa shape index (κ3) is 2.71. The van der Waals surface area contributed by atoms with E-state index in [2.05, 4.69) is 22.4 Å². The SMILES string of the molecule is CN(C)c1ccc(-n2nnc(C#N)c2Cc2cccs2)cc1. The van der Waals surface area contributed by atoms with Gasteiger partial charge in [0.25, 0.3) is 0 Å². The Morgan fingerprint density at radius 2 is 2.00 bits per heavy atom. The summed E-state index contributed by atoms with van der Waals surface area (Å²) < 4.78 is 1.75. The van der Waals surface area contributed by atoms with Crippen molar-refractivity contribution >= 4 is 17.0 Å². The summed E-state index contributed by atoms with van der Waals surface area (Å²) in [6, 6.07) is 14.2. The molecule has 0 saturated carbocycles. The molecular weight excluding hydrogens is 294 g/mol. The lowest BCUT2D eigenvalue weighted by atomic mass is 10.2. The molecular formula is C16H15N5S. The minimum atomic E-state index is 0.380. The monoisotopic (exact) mass is 309 g/mol. The summed E-state index contributed by atoms with van der Waals surface area (Å²) in [4.78, 5) is 3.23. The molecule has 3 aromatic rings. The van der Waals surface area contributed by atoms with E-state index in [1.165, 1.54) is 4.88 Å². The quantitative estimate of drug-likeness (QED) is 0.743. The average Bonchev–Trinajstić information content (AvgIpc) is 3.17. The van der Waals surface area contributed by atoms with Gasteiger partial charge in [0.2, 0.25) is 0 Å². The molecule has 0 bridgehead atoms. The summed E-state index contributed by atoms with van der Waals surface area (Å²) in [7, 11) is 4.00. The fourth-order valence-corrected chi connectivity index (χ4v) is 2.93. The molecule has 2 aromatic heterocycles. The summed E-state index contributed by atoms with van der Waals surface area (Å²) in [6.45, 7) is 0. The van der Waals surface area contributed by atoms with E-state index >= 15 is 0 Å². The molecule has 0 unspecified atom stereocenters. The van der Waals surface area contributed by atoms with E-state index < -0.39 is 0 Å². The number of anilines is 1. The largest absolute Gasteiger partial charge is 0.378 e. The third-order valence-corrected chi connectivity index (χ3v) is 4.28. The standard InChI is InChI=1S/C16H15N5S/c1-20(2)12-5-7-13(8-6-12)21-16(15(11-17)18-19-21)10-14-4-3-9-22-14/h3-9H,10H2,1-2H3. The summed E-state index contributed by atoms with van der Waals surface area (Å²) in [5.74, 6) is 0. The number of hydrogen-bond donors (Lipinski definition) is 0. The first-order valence-corrected chi connectivity index (χ1v) is 7.72. The number of rotatable bonds is 4. The predicted molar refractivity (Wildman–Crippen MR) is 87.5 cm³/mol. The van der Waals surface area contributed by atoms with E-state index in [1.54, 1.807) is 16.0 Å². The predicted octanol–water partition coefficient (Wildman–Crippen LogP) is 2.86. The Balaban J connectivity index is 2.00. The molecule has 3 rings (SSSR count). The molecule has 5 nitrogen and oxygen atoms in total. The van der Waals surface area contributed by atoms with E-state index in [-0.39, 0.29) is 0 Å². The van der Waals surface area contributed by atoms with Gasteiger partial charge in [-0.05, 0) is 35.7 Å². The van der Waals surface area contributed by atoms with Gasteiger partial charge < -0.3 is 4.90 Å². The van der Waals surface area contributed by atoms with Crippen molar-refractivity contribution in [1.29, 1.82) is 5.26 Å². The lowest BCUT2D eigenvalue weighted by Gasteiger charge is -2.13. The molecule has 110 valence electrons. The van der Waals surface area contributed by atoms with Crippen molar-refractivity contribution in [1.82, 2.24) is 15.0 Å². The zero-order valence-corrected chi connectivity index (χ0v) is 13.2. The second-order valence-corrected chi connectivity index (χ2v) is 6.11. The van der Waals surface area contributed by atoms with Crippen molar-refractivity contribution in [2.45, 2.75) is 6.42 Å². The first-order chi connectivity index (χ1) is 10.7. The van der Waals surface area contributed by atoms with Gasteiger partial charge in [-0.1, -0.05) is 11.3 Å². The van der Waals surface area contributed by atoms with Crippen LogP contribution in [-0.4, -0.2) is 29.1 Å². The van der Waals surface area contributed by atoms with E-state index in [4.69, 9.17) is 0 Å². The Bertz CT molecular complexity index is 794. The van der Waals surface area contributed by atoms with Crippen LogP contribution >= 0.6 is 11.3 Å². The van der Waals surface area contributed by atoms with Crippen LogP contribution in [0.3, 0.4) is 0 Å². The highest BCUT2D eigenvalue weighted by Crippen LogP contribution is 2.21. The summed E-state index contributed by atoms with van der Waals surface area (Å²) >= 11 is 1.67. The highest BCUT2D eigenvalue weighted by molar-refractivity contribution is 7.09. The molecule has 0 amide bonds. The Hall–Kier alpha value is -2.65. The number of aromatic nitrogens is 3. The maximum absolute atomic E-state index is 9.26. The second kappa shape index (κ2) is 6.00. The van der Waals surface area contributed by atoms with Gasteiger partial charge in [-0.15, -0.1) is 16.4 Å². The maximum atomic E-state index is 9.26. The van der Waals surface area contributed by atoms with Crippen LogP contribution in [0, 0.1) is 11.3 Å². The molecule has 0 radical (unpaired) electrons. The molecule has 0 aliphatic carbocycles. The van der Waals surface area contributed by atoms with Gasteiger partial charge in [0, 0.05) is 31.1 Å². The molecule has 22 heavy (non-hydrogen) atoms. The molecule has 0 fully saturated rings. The topological polar surface area (TPSA) is 57.7 Å². The minimum absolute atomic E-state index is 0.380. The summed E-state index contributed by atoms with van der Waals surface area (Å²) in [6.07, 6.45) is 0.656. The molecule has 0 aliphatic heterocycles. The van der Waals surface area contributed by atoms with E-state index in [0.717, 1.165) is 17.1 Å². The number of thiophene rings is 1. The lowest BCUT2D eigenvalue weighted by Crippen LogP contribution is -2.09. The molecule has 0 aliphatic rings. The van der Waals surface area contributed by atoms with Gasteiger partial charge in [0.15, 0.2) is 5.69 Å². The van der Waals surface area contributed by atoms with Crippen molar-refractivity contribution in [3.05, 3.63) is 58.0 Å². The van der Waals surface area contributed by atoms with Gasteiger partial charge in [0.1, 0.15) is 6.07 Å². The Labute approximate surface area is 133 Å². The number of benzene rings is 1. The molecule has 0 spiro atoms. The van der Waals surface area contributed by atoms with Gasteiger partial charge in [-0.2, -0.15) is 5.26 Å². The lowest BCUT2D eigenvalue weighted by molar-refractivity contribution is 0.774. The Morgan fingerprint density at radius 3 is 2.59 bits per heavy atom. The van der Waals surface area contributed by atoms with Crippen LogP contribution in [0.4, 0.5) is 5.69 Å². The Morgan fingerprint density at radius 1 is 1.23 bits per heavy atom. The van der Waals surface area contributed by atoms with Gasteiger partial charge in [-0.25, -0.2) is 4.68 Å². The third-order valence-electron chi connectivity index (χ3n) is 3.40. The van der Waals surface area contributed by atoms with Crippen molar-refractivity contribution < 1.29 is 0 Å². The number of nitriles is 1. The first-order valence-electron chi connectivity index (χ1n) is 6.84. The van der Waals surface area contributed by atoms with Crippen LogP contribution in [0.5, 0.6) is 0 Å². The maximum Gasteiger partial charge on any atom is 0.186 e. The minimum Gasteiger partial charge on any atom is -0.378 e. The van der Waals surface area contributed by atoms with Crippen LogP contribution in [0.2, 0.25) is 0 Å². The smallest absolute Gasteiger partial charge is 0.186 e. The molecule has 0 N–H and O–H groups in total. The first kappa shape index (κ1) is 14.3. The highest BCUT2D eigenvalue weighted by Gasteiger charge is 2.15. The number of nitrogens with zero attached hydrogens (tertiary/aromatic N) is 5. The zero-order valence-electron chi connectivity index (χ0n) is 12.4. The van der Waals surface area contributed by atoms with Crippen molar-refractivity contribution in [3.63, 3.8) is 0 Å². The molecule has 6 heteroatoms. The van der Waals surface area contributed by atoms with E-state index in [9.17, 15) is 5.26 Å². The summed E-state index contributed by atoms with van der Waals surface area (Å²) in [5, 5.41) is 19.4. The second-order valence-electron chi connectivity index (χ2n) is 5.08. The van der Waals surface area contributed by atoms with Gasteiger partial charge >= 0.3 is 0 Å². The highest BCUT2D eigenvalue weighted by atomic mass is 32.1. The molecule has 2 heterocycles. The molecule has 1 aromatic carbocycles. The van der Waals surface area contributed by atoms with E-state index in [1.807, 2.05) is 54.7 Å². The summed E-state index contributed by atoms with van der Waals surface area (Å²) in [5.41, 5.74) is 3.22. The average molecular weight is 309 g/mol. The van der Waals surface area contributed by atoms with Gasteiger partial charge in [-0.3, -0.25) is 0 Å². The van der Waals surface area contributed by atoms with Crippen LogP contribution in [0.15, 0.2) is 41.8 Å². The van der Waals surface area contributed by atoms with Crippen LogP contribution in [0.1, 0.15) is 16.3 Å². The fourth-order valence-electron chi connectivity index (χ4n) is 2.22. The van der Waals surface area contributed by atoms with Crippen LogP contribution < -0.4 is 4.90 Å². The van der Waals surface area contributed by atoms with E-state index in [0.29, 0.717) is 12.1 Å².